The Labute approximate surface area is 121 Å². The van der Waals surface area contributed by atoms with E-state index in [1.54, 1.807) is 0 Å². The minimum atomic E-state index is -2.33. The Hall–Kier alpha value is -1.13. The van der Waals surface area contributed by atoms with Crippen molar-refractivity contribution in [3.8, 4) is 0 Å². The van der Waals surface area contributed by atoms with E-state index in [1.165, 1.54) is 10.9 Å². The Bertz CT molecular complexity index is 674. The molecule has 20 heavy (non-hydrogen) atoms. The van der Waals surface area contributed by atoms with Crippen molar-refractivity contribution < 1.29 is 8.63 Å². The zero-order valence-electron chi connectivity index (χ0n) is 12.3. The van der Waals surface area contributed by atoms with Gasteiger partial charge in [-0.15, -0.1) is 0 Å². The van der Waals surface area contributed by atoms with E-state index < -0.39 is 10.1 Å². The number of fused-ring (bicyclic) bond motifs is 3. The number of nitrogens with one attached hydrogen (secondary N) is 1. The molecule has 0 spiro atoms. The molecule has 1 atom stereocenters. The first-order chi connectivity index (χ1) is 9.49. The summed E-state index contributed by atoms with van der Waals surface area (Å²) in [6.45, 7) is 4.04. The van der Waals surface area contributed by atoms with E-state index in [1.807, 2.05) is 38.3 Å². The van der Waals surface area contributed by atoms with Gasteiger partial charge in [0.25, 0.3) is 0 Å². The number of rotatable bonds is 3. The zero-order valence-corrected chi connectivity index (χ0v) is 13.2. The van der Waals surface area contributed by atoms with Gasteiger partial charge in [0.2, 0.25) is 0 Å². The minimum absolute atomic E-state index is 0.153. The molecule has 3 rings (SSSR count). The number of benzene rings is 1. The highest BCUT2D eigenvalue weighted by molar-refractivity contribution is 8.01. The van der Waals surface area contributed by atoms with Crippen molar-refractivity contribution in [1.29, 1.82) is 0 Å². The average molecular weight is 293 g/mol. The molecule has 0 amide bonds. The first-order valence-corrected chi connectivity index (χ1v) is 9.56. The summed E-state index contributed by atoms with van der Waals surface area (Å²) in [4.78, 5) is 0. The Morgan fingerprint density at radius 2 is 2.10 bits per heavy atom. The zero-order chi connectivity index (χ0) is 14.3. The number of para-hydroxylation sites is 1. The number of furan rings is 1. The van der Waals surface area contributed by atoms with Crippen LogP contribution in [0.1, 0.15) is 44.1 Å². The molecule has 0 saturated heterocycles. The molecule has 1 aromatic carbocycles. The molecule has 3 nitrogen and oxygen atoms in total. The fourth-order valence-electron chi connectivity index (χ4n) is 2.88. The molecule has 0 fully saturated rings. The highest BCUT2D eigenvalue weighted by Gasteiger charge is 2.29. The van der Waals surface area contributed by atoms with Gasteiger partial charge in [0.15, 0.2) is 0 Å². The molecular formula is C16H23NO2S. The highest BCUT2D eigenvalue weighted by atomic mass is 32.3. The van der Waals surface area contributed by atoms with E-state index in [4.69, 9.17) is 4.42 Å². The summed E-state index contributed by atoms with van der Waals surface area (Å²) < 4.78 is 22.1. The summed E-state index contributed by atoms with van der Waals surface area (Å²) in [6.07, 6.45) is 4.95. The van der Waals surface area contributed by atoms with Crippen LogP contribution < -0.4 is 4.72 Å². The third kappa shape index (κ3) is 2.31. The van der Waals surface area contributed by atoms with Gasteiger partial charge >= 0.3 is 0 Å². The van der Waals surface area contributed by atoms with Crippen molar-refractivity contribution >= 4 is 21.1 Å². The van der Waals surface area contributed by atoms with Crippen LogP contribution in [-0.2, 0) is 16.5 Å². The third-order valence-electron chi connectivity index (χ3n) is 4.35. The van der Waals surface area contributed by atoms with E-state index >= 15 is 0 Å². The van der Waals surface area contributed by atoms with Gasteiger partial charge in [-0.25, -0.2) is 0 Å². The second-order valence-corrected chi connectivity index (χ2v) is 9.36. The van der Waals surface area contributed by atoms with Crippen molar-refractivity contribution in [3.63, 3.8) is 0 Å². The van der Waals surface area contributed by atoms with Crippen LogP contribution >= 0.6 is 0 Å². The van der Waals surface area contributed by atoms with Crippen LogP contribution in [0.15, 0.2) is 28.7 Å². The molecule has 110 valence electrons. The monoisotopic (exact) mass is 293 g/mol. The molecule has 4 heteroatoms. The lowest BCUT2D eigenvalue weighted by Crippen LogP contribution is -2.40. The number of hydrogen-bond donors (Lipinski definition) is 2. The van der Waals surface area contributed by atoms with Gasteiger partial charge < -0.3 is 4.42 Å². The second kappa shape index (κ2) is 5.01. The van der Waals surface area contributed by atoms with Gasteiger partial charge in [-0.1, -0.05) is 42.2 Å². The molecule has 1 aliphatic rings. The second-order valence-electron chi connectivity index (χ2n) is 6.09. The largest absolute Gasteiger partial charge is 0.461 e. The molecule has 1 aliphatic carbocycles. The van der Waals surface area contributed by atoms with Gasteiger partial charge in [-0.2, -0.15) is 0 Å². The maximum absolute atomic E-state index is 12.7. The summed E-state index contributed by atoms with van der Waals surface area (Å²) in [5, 5.41) is 1.33. The van der Waals surface area contributed by atoms with Gasteiger partial charge in [-0.05, 0) is 18.9 Å². The van der Waals surface area contributed by atoms with Gasteiger partial charge in [-0.3, -0.25) is 8.93 Å². The number of thiol groups is 1. The lowest BCUT2D eigenvalue weighted by Gasteiger charge is -2.32. The Morgan fingerprint density at radius 3 is 2.85 bits per heavy atom. The van der Waals surface area contributed by atoms with Crippen LogP contribution in [0.5, 0.6) is 0 Å². The van der Waals surface area contributed by atoms with Crippen LogP contribution in [0.2, 0.25) is 0 Å². The van der Waals surface area contributed by atoms with E-state index in [-0.39, 0.29) is 11.3 Å². The van der Waals surface area contributed by atoms with E-state index in [0.717, 1.165) is 30.6 Å². The topological polar surface area (TPSA) is 42.2 Å². The predicted molar refractivity (Wildman–Crippen MR) is 85.6 cm³/mol. The summed E-state index contributed by atoms with van der Waals surface area (Å²) >= 11 is 0. The van der Waals surface area contributed by atoms with Crippen LogP contribution in [0.3, 0.4) is 0 Å². The fourth-order valence-corrected chi connectivity index (χ4v) is 4.06. The first kappa shape index (κ1) is 13.8. The van der Waals surface area contributed by atoms with E-state index in [2.05, 4.69) is 10.8 Å². The molecule has 0 radical (unpaired) electrons. The van der Waals surface area contributed by atoms with Crippen molar-refractivity contribution in [2.45, 2.75) is 44.4 Å². The molecule has 1 aromatic heterocycles. The molecule has 2 aromatic rings. The summed E-state index contributed by atoms with van der Waals surface area (Å²) in [5.74, 6) is 1.07. The van der Waals surface area contributed by atoms with Crippen LogP contribution in [0.25, 0.3) is 11.0 Å². The Kier molecular flexibility index (Phi) is 3.46. The Morgan fingerprint density at radius 1 is 1.35 bits per heavy atom. The molecule has 1 N–H and O–H groups in total. The van der Waals surface area contributed by atoms with Crippen molar-refractivity contribution in [2.24, 2.45) is 0 Å². The highest BCUT2D eigenvalue weighted by Crippen LogP contribution is 2.38. The maximum Gasteiger partial charge on any atom is 0.134 e. The minimum Gasteiger partial charge on any atom is -0.461 e. The maximum atomic E-state index is 12.7. The summed E-state index contributed by atoms with van der Waals surface area (Å²) in [7, 11) is -2.33. The van der Waals surface area contributed by atoms with E-state index in [9.17, 15) is 4.21 Å². The van der Waals surface area contributed by atoms with Gasteiger partial charge in [0, 0.05) is 34.9 Å². The van der Waals surface area contributed by atoms with Gasteiger partial charge in [0.1, 0.15) is 11.3 Å². The first-order valence-electron chi connectivity index (χ1n) is 7.34. The summed E-state index contributed by atoms with van der Waals surface area (Å²) in [5.41, 5.74) is 2.18. The quantitative estimate of drug-likeness (QED) is 0.852. The normalized spacial score (nSPS) is 20.3. The lowest BCUT2D eigenvalue weighted by atomic mass is 9.92. The van der Waals surface area contributed by atoms with Gasteiger partial charge in [0.05, 0.1) is 0 Å². The predicted octanol–water partition coefficient (Wildman–Crippen LogP) is 3.37. The third-order valence-corrected chi connectivity index (χ3v) is 7.15. The van der Waals surface area contributed by atoms with Crippen LogP contribution in [0, 0.1) is 0 Å². The number of hydrogen-bond acceptors (Lipinski definition) is 2. The molecular weight excluding hydrogens is 270 g/mol. The lowest BCUT2D eigenvalue weighted by molar-refractivity contribution is 0.457. The van der Waals surface area contributed by atoms with Crippen molar-refractivity contribution in [1.82, 2.24) is 4.72 Å². The van der Waals surface area contributed by atoms with E-state index in [0.29, 0.717) is 0 Å². The molecule has 0 aliphatic heterocycles. The molecule has 0 bridgehead atoms. The standard InChI is InChI=1S/C16H23NO2S/c1-11(2)20(3,18)17-13-8-6-10-15-16(13)12-7-4-5-9-14(12)19-15/h4-5,7,9,11,13,20H,6,8,10H2,1-3H3,(H,17,18)/t13-/m1/s1. The van der Waals surface area contributed by atoms with Crippen molar-refractivity contribution in [2.75, 3.05) is 6.26 Å². The molecule has 1 heterocycles. The number of aryl methyl sites for hydroxylation is 1. The van der Waals surface area contributed by atoms with Crippen molar-refractivity contribution in [3.05, 3.63) is 35.6 Å². The molecule has 0 saturated carbocycles. The smallest absolute Gasteiger partial charge is 0.134 e. The fraction of sp³-hybridized carbons (Fsp3) is 0.500. The SMILES string of the molecule is CC(C)[SH](C)(=O)N[C@@H]1CCCc2oc3ccccc3c21. The average Bonchev–Trinajstić information content (AvgIpc) is 2.77. The summed E-state index contributed by atoms with van der Waals surface area (Å²) in [6, 6.07) is 8.31. The van der Waals surface area contributed by atoms with Crippen LogP contribution in [-0.4, -0.2) is 15.7 Å². The Balaban J connectivity index is 2.03. The van der Waals surface area contributed by atoms with Crippen LogP contribution in [0.4, 0.5) is 0 Å². The molecule has 0 unspecified atom stereocenters.